The molecular formula is C24H32N2O4S. The van der Waals surface area contributed by atoms with Crippen molar-refractivity contribution in [3.63, 3.8) is 0 Å². The van der Waals surface area contributed by atoms with Crippen LogP contribution in [-0.4, -0.2) is 40.1 Å². The number of nitrogens with one attached hydrogen (secondary N) is 1. The molecule has 3 rings (SSSR count). The fourth-order valence-corrected chi connectivity index (χ4v) is 5.34. The maximum absolute atomic E-state index is 13.3. The number of anilines is 1. The maximum Gasteiger partial charge on any atom is 0.264 e. The number of carbonyl (C=O) groups is 1. The van der Waals surface area contributed by atoms with Crippen molar-refractivity contribution < 1.29 is 17.9 Å². The molecule has 1 aliphatic carbocycles. The van der Waals surface area contributed by atoms with Crippen LogP contribution in [0, 0.1) is 6.92 Å². The van der Waals surface area contributed by atoms with Gasteiger partial charge in [0.2, 0.25) is 5.91 Å². The molecular weight excluding hydrogens is 412 g/mol. The summed E-state index contributed by atoms with van der Waals surface area (Å²) in [6.07, 6.45) is 7.04. The van der Waals surface area contributed by atoms with Crippen LogP contribution in [0.4, 0.5) is 5.69 Å². The van der Waals surface area contributed by atoms with Crippen molar-refractivity contribution >= 4 is 21.6 Å². The number of benzene rings is 2. The van der Waals surface area contributed by atoms with Crippen molar-refractivity contribution in [2.45, 2.75) is 56.4 Å². The zero-order valence-electron chi connectivity index (χ0n) is 18.1. The number of ether oxygens (including phenoxy) is 1. The molecule has 168 valence electrons. The summed E-state index contributed by atoms with van der Waals surface area (Å²) in [7, 11) is -3.87. The predicted octanol–water partition coefficient (Wildman–Crippen LogP) is 4.05. The largest absolute Gasteiger partial charge is 0.378 e. The van der Waals surface area contributed by atoms with Crippen LogP contribution in [0.1, 0.15) is 44.1 Å². The zero-order valence-corrected chi connectivity index (χ0v) is 18.9. The Hall–Kier alpha value is -2.38. The Balaban J connectivity index is 1.61. The lowest BCUT2D eigenvalue weighted by atomic mass is 9.98. The molecule has 0 heterocycles. The van der Waals surface area contributed by atoms with Gasteiger partial charge in [-0.2, -0.15) is 0 Å². The number of para-hydroxylation sites is 1. The Morgan fingerprint density at radius 1 is 1.03 bits per heavy atom. The minimum atomic E-state index is -3.87. The number of hydrogen-bond donors (Lipinski definition) is 1. The Morgan fingerprint density at radius 3 is 2.42 bits per heavy atom. The van der Waals surface area contributed by atoms with Crippen molar-refractivity contribution in [3.05, 3.63) is 60.2 Å². The van der Waals surface area contributed by atoms with E-state index in [1.54, 1.807) is 42.5 Å². The second-order valence-corrected chi connectivity index (χ2v) is 9.81. The van der Waals surface area contributed by atoms with Crippen LogP contribution in [0.2, 0.25) is 0 Å². The van der Waals surface area contributed by atoms with Crippen molar-refractivity contribution in [2.75, 3.05) is 24.0 Å². The summed E-state index contributed by atoms with van der Waals surface area (Å²) < 4.78 is 33.7. The Bertz CT molecular complexity index is 941. The molecule has 1 amide bonds. The third-order valence-electron chi connectivity index (χ3n) is 5.55. The van der Waals surface area contributed by atoms with Crippen LogP contribution >= 0.6 is 0 Å². The molecule has 1 saturated carbocycles. The third-order valence-corrected chi connectivity index (χ3v) is 7.33. The van der Waals surface area contributed by atoms with Gasteiger partial charge in [0.1, 0.15) is 6.54 Å². The van der Waals surface area contributed by atoms with E-state index in [-0.39, 0.29) is 17.3 Å². The molecule has 0 radical (unpaired) electrons. The highest BCUT2D eigenvalue weighted by Gasteiger charge is 2.27. The molecule has 1 aliphatic rings. The first kappa shape index (κ1) is 23.3. The average Bonchev–Trinajstić information content (AvgIpc) is 2.79. The Labute approximate surface area is 185 Å². The summed E-state index contributed by atoms with van der Waals surface area (Å²) in [6, 6.07) is 15.4. The highest BCUT2D eigenvalue weighted by atomic mass is 32.2. The van der Waals surface area contributed by atoms with Crippen molar-refractivity contribution in [3.8, 4) is 0 Å². The Kier molecular flexibility index (Phi) is 8.49. The molecule has 0 aliphatic heterocycles. The summed E-state index contributed by atoms with van der Waals surface area (Å²) in [5, 5.41) is 2.84. The molecule has 2 aromatic carbocycles. The second-order valence-electron chi connectivity index (χ2n) is 7.95. The summed E-state index contributed by atoms with van der Waals surface area (Å²) in [5.74, 6) is -0.333. The smallest absolute Gasteiger partial charge is 0.264 e. The van der Waals surface area contributed by atoms with Crippen LogP contribution in [0.3, 0.4) is 0 Å². The van der Waals surface area contributed by atoms with E-state index in [1.807, 2.05) is 19.1 Å². The molecule has 1 N–H and O–H groups in total. The molecule has 2 aromatic rings. The minimum absolute atomic E-state index is 0.159. The first-order valence-corrected chi connectivity index (χ1v) is 12.4. The summed E-state index contributed by atoms with van der Waals surface area (Å²) in [6.45, 7) is 2.63. The summed E-state index contributed by atoms with van der Waals surface area (Å²) in [5.41, 5.74) is 1.29. The number of carbonyl (C=O) groups excluding carboxylic acids is 1. The molecule has 0 unspecified atom stereocenters. The molecule has 0 aromatic heterocycles. The van der Waals surface area contributed by atoms with Gasteiger partial charge in [-0.15, -0.1) is 0 Å². The van der Waals surface area contributed by atoms with E-state index in [2.05, 4.69) is 5.32 Å². The lowest BCUT2D eigenvalue weighted by molar-refractivity contribution is -0.119. The van der Waals surface area contributed by atoms with Gasteiger partial charge in [0.05, 0.1) is 16.7 Å². The molecule has 7 heteroatoms. The first-order chi connectivity index (χ1) is 15.0. The van der Waals surface area contributed by atoms with E-state index in [1.165, 1.54) is 23.6 Å². The molecule has 0 atom stereocenters. The van der Waals surface area contributed by atoms with E-state index in [0.29, 0.717) is 31.4 Å². The van der Waals surface area contributed by atoms with Crippen LogP contribution in [0.5, 0.6) is 0 Å². The van der Waals surface area contributed by atoms with Crippen LogP contribution in [0.15, 0.2) is 59.5 Å². The topological polar surface area (TPSA) is 75.7 Å². The number of sulfonamides is 1. The molecule has 6 nitrogen and oxygen atoms in total. The van der Waals surface area contributed by atoms with Crippen molar-refractivity contribution in [1.29, 1.82) is 0 Å². The van der Waals surface area contributed by atoms with E-state index in [0.717, 1.165) is 18.4 Å². The quantitative estimate of drug-likeness (QED) is 0.561. The molecule has 31 heavy (non-hydrogen) atoms. The minimum Gasteiger partial charge on any atom is -0.378 e. The van der Waals surface area contributed by atoms with Gasteiger partial charge in [-0.1, -0.05) is 55.7 Å². The van der Waals surface area contributed by atoms with Gasteiger partial charge in [0.15, 0.2) is 0 Å². The highest BCUT2D eigenvalue weighted by molar-refractivity contribution is 7.92. The average molecular weight is 445 g/mol. The fourth-order valence-electron chi connectivity index (χ4n) is 3.83. The van der Waals surface area contributed by atoms with Crippen LogP contribution in [-0.2, 0) is 19.6 Å². The van der Waals surface area contributed by atoms with Gasteiger partial charge >= 0.3 is 0 Å². The van der Waals surface area contributed by atoms with Crippen molar-refractivity contribution in [1.82, 2.24) is 5.32 Å². The van der Waals surface area contributed by atoms with Gasteiger partial charge in [-0.3, -0.25) is 9.10 Å². The van der Waals surface area contributed by atoms with Gasteiger partial charge in [-0.05, 0) is 49.9 Å². The maximum atomic E-state index is 13.3. The van der Waals surface area contributed by atoms with Crippen LogP contribution in [0.25, 0.3) is 0 Å². The van der Waals surface area contributed by atoms with Gasteiger partial charge < -0.3 is 10.1 Å². The van der Waals surface area contributed by atoms with E-state index < -0.39 is 10.0 Å². The molecule has 0 saturated heterocycles. The predicted molar refractivity (Wildman–Crippen MR) is 123 cm³/mol. The normalized spacial score (nSPS) is 14.9. The van der Waals surface area contributed by atoms with Crippen LogP contribution < -0.4 is 9.62 Å². The first-order valence-electron chi connectivity index (χ1n) is 11.0. The standard InChI is InChI=1S/C24H32N2O4S/c1-20-11-8-9-16-23(20)26(31(28,29)22-14-6-3-7-15-22)19-24(27)25-17-10-18-30-21-12-4-2-5-13-21/h3,6-9,11,14-16,21H,2,4-5,10,12-13,17-19H2,1H3,(H,25,27). The monoisotopic (exact) mass is 444 g/mol. The SMILES string of the molecule is Cc1ccccc1N(CC(=O)NCCCOC1CCCCC1)S(=O)(=O)c1ccccc1. The third kappa shape index (κ3) is 6.55. The number of rotatable bonds is 10. The highest BCUT2D eigenvalue weighted by Crippen LogP contribution is 2.26. The van der Waals surface area contributed by atoms with E-state index in [4.69, 9.17) is 4.74 Å². The summed E-state index contributed by atoms with van der Waals surface area (Å²) in [4.78, 5) is 12.8. The fraction of sp³-hybridized carbons (Fsp3) is 0.458. The van der Waals surface area contributed by atoms with Gasteiger partial charge in [-0.25, -0.2) is 8.42 Å². The molecule has 1 fully saturated rings. The van der Waals surface area contributed by atoms with Gasteiger partial charge in [0, 0.05) is 13.2 Å². The zero-order chi connectivity index (χ0) is 22.1. The molecule has 0 bridgehead atoms. The summed E-state index contributed by atoms with van der Waals surface area (Å²) >= 11 is 0. The van der Waals surface area contributed by atoms with E-state index >= 15 is 0 Å². The van der Waals surface area contributed by atoms with Gasteiger partial charge in [0.25, 0.3) is 10.0 Å². The number of amides is 1. The number of aryl methyl sites for hydroxylation is 1. The lowest BCUT2D eigenvalue weighted by Crippen LogP contribution is -2.41. The van der Waals surface area contributed by atoms with E-state index in [9.17, 15) is 13.2 Å². The molecule has 0 spiro atoms. The Morgan fingerprint density at radius 2 is 1.71 bits per heavy atom. The van der Waals surface area contributed by atoms with Crippen molar-refractivity contribution in [2.24, 2.45) is 0 Å². The number of hydrogen-bond acceptors (Lipinski definition) is 4. The lowest BCUT2D eigenvalue weighted by Gasteiger charge is -2.25. The second kappa shape index (κ2) is 11.3. The number of nitrogens with zero attached hydrogens (tertiary/aromatic N) is 1.